The number of aryl methyl sites for hydroxylation is 1. The SMILES string of the molecule is Cc1nn(-c2ccccc2)c(C)c1CNC(=O)/C=C/c1ccccc1OC(F)F. The van der Waals surface area contributed by atoms with Crippen LogP contribution in [-0.2, 0) is 11.3 Å². The van der Waals surface area contributed by atoms with Crippen LogP contribution in [0.5, 0.6) is 5.75 Å². The smallest absolute Gasteiger partial charge is 0.387 e. The van der Waals surface area contributed by atoms with E-state index >= 15 is 0 Å². The van der Waals surface area contributed by atoms with E-state index in [-0.39, 0.29) is 11.7 Å². The molecule has 7 heteroatoms. The van der Waals surface area contributed by atoms with Crippen LogP contribution in [0.4, 0.5) is 8.78 Å². The van der Waals surface area contributed by atoms with Crippen molar-refractivity contribution >= 4 is 12.0 Å². The average molecular weight is 397 g/mol. The van der Waals surface area contributed by atoms with Crippen molar-refractivity contribution in [3.63, 3.8) is 0 Å². The molecular formula is C22H21F2N3O2. The van der Waals surface area contributed by atoms with Crippen LogP contribution < -0.4 is 10.1 Å². The van der Waals surface area contributed by atoms with Gasteiger partial charge in [0.05, 0.1) is 11.4 Å². The number of hydrogen-bond donors (Lipinski definition) is 1. The van der Waals surface area contributed by atoms with Gasteiger partial charge in [0.15, 0.2) is 0 Å². The zero-order chi connectivity index (χ0) is 20.8. The highest BCUT2D eigenvalue weighted by atomic mass is 19.3. The van der Waals surface area contributed by atoms with Gasteiger partial charge in [-0.2, -0.15) is 13.9 Å². The first-order chi connectivity index (χ1) is 14.0. The van der Waals surface area contributed by atoms with Gasteiger partial charge in [0.25, 0.3) is 0 Å². The summed E-state index contributed by atoms with van der Waals surface area (Å²) in [5, 5.41) is 7.36. The molecule has 1 N–H and O–H groups in total. The number of alkyl halides is 2. The fourth-order valence-electron chi connectivity index (χ4n) is 2.97. The lowest BCUT2D eigenvalue weighted by Gasteiger charge is -2.07. The molecule has 0 spiro atoms. The predicted octanol–water partition coefficient (Wildman–Crippen LogP) is 4.42. The predicted molar refractivity (Wildman–Crippen MR) is 107 cm³/mol. The standard InChI is InChI=1S/C22H21F2N3O2/c1-15-19(16(2)27(26-15)18-9-4-3-5-10-18)14-25-21(28)13-12-17-8-6-7-11-20(17)29-22(23)24/h3-13,22H,14H2,1-2H3,(H,25,28)/b13-12+. The van der Waals surface area contributed by atoms with Crippen LogP contribution in [0, 0.1) is 13.8 Å². The van der Waals surface area contributed by atoms with Gasteiger partial charge >= 0.3 is 6.61 Å². The van der Waals surface area contributed by atoms with Crippen molar-refractivity contribution < 1.29 is 18.3 Å². The number of para-hydroxylation sites is 2. The number of ether oxygens (including phenoxy) is 1. The van der Waals surface area contributed by atoms with E-state index in [1.165, 1.54) is 18.2 Å². The Balaban J connectivity index is 1.68. The molecule has 0 aliphatic heterocycles. The summed E-state index contributed by atoms with van der Waals surface area (Å²) in [5.41, 5.74) is 4.03. The third-order valence-corrected chi connectivity index (χ3v) is 4.43. The number of carbonyl (C=O) groups excluding carboxylic acids is 1. The summed E-state index contributed by atoms with van der Waals surface area (Å²) >= 11 is 0. The number of aromatic nitrogens is 2. The second kappa shape index (κ2) is 9.14. The van der Waals surface area contributed by atoms with Crippen LogP contribution in [-0.4, -0.2) is 22.3 Å². The molecule has 29 heavy (non-hydrogen) atoms. The first kappa shape index (κ1) is 20.3. The molecule has 0 aliphatic carbocycles. The van der Waals surface area contributed by atoms with Gasteiger partial charge in [0.1, 0.15) is 5.75 Å². The molecule has 0 aliphatic rings. The number of rotatable bonds is 7. The summed E-state index contributed by atoms with van der Waals surface area (Å²) < 4.78 is 31.2. The van der Waals surface area contributed by atoms with Gasteiger partial charge in [-0.1, -0.05) is 36.4 Å². The van der Waals surface area contributed by atoms with Crippen LogP contribution in [0.2, 0.25) is 0 Å². The molecule has 0 saturated heterocycles. The minimum atomic E-state index is -2.93. The van der Waals surface area contributed by atoms with Crippen molar-refractivity contribution in [1.82, 2.24) is 15.1 Å². The number of carbonyl (C=O) groups is 1. The highest BCUT2D eigenvalue weighted by Crippen LogP contribution is 2.21. The molecule has 0 unspecified atom stereocenters. The second-order valence-electron chi connectivity index (χ2n) is 6.36. The topological polar surface area (TPSA) is 56.2 Å². The van der Waals surface area contributed by atoms with Gasteiger partial charge in [0.2, 0.25) is 5.91 Å². The van der Waals surface area contributed by atoms with E-state index in [4.69, 9.17) is 0 Å². The normalized spacial score (nSPS) is 11.2. The summed E-state index contributed by atoms with van der Waals surface area (Å²) in [4.78, 5) is 12.2. The van der Waals surface area contributed by atoms with Gasteiger partial charge in [-0.25, -0.2) is 4.68 Å². The lowest BCUT2D eigenvalue weighted by molar-refractivity contribution is -0.116. The van der Waals surface area contributed by atoms with E-state index in [2.05, 4.69) is 15.2 Å². The number of halogens is 2. The maximum atomic E-state index is 12.5. The maximum Gasteiger partial charge on any atom is 0.387 e. The fraction of sp³-hybridized carbons (Fsp3) is 0.182. The summed E-state index contributed by atoms with van der Waals surface area (Å²) in [6, 6.07) is 16.0. The molecule has 0 bridgehead atoms. The first-order valence-corrected chi connectivity index (χ1v) is 9.06. The number of nitrogens with zero attached hydrogens (tertiary/aromatic N) is 2. The van der Waals surface area contributed by atoms with Gasteiger partial charge in [-0.05, 0) is 38.1 Å². The lowest BCUT2D eigenvalue weighted by Crippen LogP contribution is -2.21. The summed E-state index contributed by atoms with van der Waals surface area (Å²) in [6.07, 6.45) is 2.74. The van der Waals surface area contributed by atoms with E-state index < -0.39 is 6.61 Å². The molecular weight excluding hydrogens is 376 g/mol. The van der Waals surface area contributed by atoms with Crippen molar-refractivity contribution in [2.75, 3.05) is 0 Å². The van der Waals surface area contributed by atoms with E-state index in [1.807, 2.05) is 48.9 Å². The Hall–Kier alpha value is -3.48. The second-order valence-corrected chi connectivity index (χ2v) is 6.36. The minimum Gasteiger partial charge on any atom is -0.434 e. The molecule has 0 saturated carbocycles. The Bertz CT molecular complexity index is 1010. The molecule has 1 heterocycles. The number of nitrogens with one attached hydrogen (secondary N) is 1. The van der Waals surface area contributed by atoms with Crippen molar-refractivity contribution in [3.8, 4) is 11.4 Å². The van der Waals surface area contributed by atoms with Gasteiger partial charge in [-0.15, -0.1) is 0 Å². The minimum absolute atomic E-state index is 0.0161. The van der Waals surface area contributed by atoms with E-state index in [0.717, 1.165) is 22.6 Å². The third-order valence-electron chi connectivity index (χ3n) is 4.43. The maximum absolute atomic E-state index is 12.5. The van der Waals surface area contributed by atoms with Gasteiger partial charge in [-0.3, -0.25) is 4.79 Å². The first-order valence-electron chi connectivity index (χ1n) is 9.06. The summed E-state index contributed by atoms with van der Waals surface area (Å²) in [5.74, 6) is -0.328. The molecule has 1 aromatic heterocycles. The van der Waals surface area contributed by atoms with Crippen molar-refractivity contribution in [3.05, 3.63) is 83.2 Å². The highest BCUT2D eigenvalue weighted by Gasteiger charge is 2.13. The van der Waals surface area contributed by atoms with Crippen LogP contribution in [0.3, 0.4) is 0 Å². The Morgan fingerprint density at radius 3 is 2.55 bits per heavy atom. The Morgan fingerprint density at radius 1 is 1.14 bits per heavy atom. The van der Waals surface area contributed by atoms with E-state index in [9.17, 15) is 13.6 Å². The van der Waals surface area contributed by atoms with Crippen molar-refractivity contribution in [2.45, 2.75) is 27.0 Å². The molecule has 2 aromatic carbocycles. The molecule has 0 fully saturated rings. The summed E-state index contributed by atoms with van der Waals surface area (Å²) in [6.45, 7) is 1.22. The van der Waals surface area contributed by atoms with Crippen molar-refractivity contribution in [1.29, 1.82) is 0 Å². The molecule has 0 atom stereocenters. The van der Waals surface area contributed by atoms with Crippen LogP contribution in [0.25, 0.3) is 11.8 Å². The van der Waals surface area contributed by atoms with Gasteiger partial charge in [0, 0.05) is 29.4 Å². The third kappa shape index (κ3) is 5.07. The quantitative estimate of drug-likeness (QED) is 0.601. The van der Waals surface area contributed by atoms with Crippen LogP contribution >= 0.6 is 0 Å². The van der Waals surface area contributed by atoms with E-state index in [1.54, 1.807) is 18.2 Å². The molecule has 5 nitrogen and oxygen atoms in total. The lowest BCUT2D eigenvalue weighted by atomic mass is 10.1. The number of benzene rings is 2. The molecule has 0 radical (unpaired) electrons. The molecule has 3 rings (SSSR count). The monoisotopic (exact) mass is 397 g/mol. The summed E-state index contributed by atoms with van der Waals surface area (Å²) in [7, 11) is 0. The van der Waals surface area contributed by atoms with Crippen LogP contribution in [0.1, 0.15) is 22.5 Å². The highest BCUT2D eigenvalue weighted by molar-refractivity contribution is 5.92. The molecule has 150 valence electrons. The van der Waals surface area contributed by atoms with Crippen LogP contribution in [0.15, 0.2) is 60.7 Å². The number of hydrogen-bond acceptors (Lipinski definition) is 3. The number of amides is 1. The van der Waals surface area contributed by atoms with Crippen molar-refractivity contribution in [2.24, 2.45) is 0 Å². The van der Waals surface area contributed by atoms with Gasteiger partial charge < -0.3 is 10.1 Å². The molecule has 1 amide bonds. The largest absolute Gasteiger partial charge is 0.434 e. The Labute approximate surface area is 167 Å². The zero-order valence-corrected chi connectivity index (χ0v) is 16.1. The Morgan fingerprint density at radius 2 is 1.83 bits per heavy atom. The fourth-order valence-corrected chi connectivity index (χ4v) is 2.97. The average Bonchev–Trinajstić information content (AvgIpc) is 2.99. The Kier molecular flexibility index (Phi) is 6.39. The molecule has 3 aromatic rings. The zero-order valence-electron chi connectivity index (χ0n) is 16.1. The van der Waals surface area contributed by atoms with E-state index in [0.29, 0.717) is 12.1 Å².